The third kappa shape index (κ3) is 0.915. The van der Waals surface area contributed by atoms with Crippen LogP contribution in [-0.4, -0.2) is 6.04 Å². The zero-order chi connectivity index (χ0) is 5.98. The van der Waals surface area contributed by atoms with Crippen molar-refractivity contribution >= 4 is 0 Å². The van der Waals surface area contributed by atoms with Gasteiger partial charge < -0.3 is 5.32 Å². The van der Waals surface area contributed by atoms with Crippen molar-refractivity contribution in [2.24, 2.45) is 0 Å². The lowest BCUT2D eigenvalue weighted by molar-refractivity contribution is 0.678. The lowest BCUT2D eigenvalue weighted by Crippen LogP contribution is -2.16. The SMILES string of the molecule is C=CC1=CCC(C)N1. The lowest BCUT2D eigenvalue weighted by Gasteiger charge is -2.02. The normalized spacial score (nSPS) is 26.6. The van der Waals surface area contributed by atoms with E-state index >= 15 is 0 Å². The average Bonchev–Trinajstić information content (AvgIpc) is 2.14. The minimum atomic E-state index is 0.614. The highest BCUT2D eigenvalue weighted by atomic mass is 14.9. The fourth-order valence-corrected chi connectivity index (χ4v) is 0.848. The first-order valence-electron chi connectivity index (χ1n) is 2.92. The van der Waals surface area contributed by atoms with E-state index in [-0.39, 0.29) is 0 Å². The number of hydrogen-bond donors (Lipinski definition) is 1. The van der Waals surface area contributed by atoms with E-state index in [0.29, 0.717) is 6.04 Å². The Kier molecular flexibility index (Phi) is 1.38. The van der Waals surface area contributed by atoms with Crippen LogP contribution in [0.1, 0.15) is 13.3 Å². The van der Waals surface area contributed by atoms with Crippen molar-refractivity contribution in [3.63, 3.8) is 0 Å². The second-order valence-corrected chi connectivity index (χ2v) is 2.14. The van der Waals surface area contributed by atoms with Crippen molar-refractivity contribution in [2.45, 2.75) is 19.4 Å². The van der Waals surface area contributed by atoms with Crippen LogP contribution in [0.15, 0.2) is 24.4 Å². The third-order valence-corrected chi connectivity index (χ3v) is 1.32. The molecule has 0 amide bonds. The van der Waals surface area contributed by atoms with E-state index in [1.807, 2.05) is 6.08 Å². The Morgan fingerprint density at radius 2 is 2.75 bits per heavy atom. The quantitative estimate of drug-likeness (QED) is 0.537. The Morgan fingerprint density at radius 3 is 3.00 bits per heavy atom. The van der Waals surface area contributed by atoms with Gasteiger partial charge in [-0.25, -0.2) is 0 Å². The van der Waals surface area contributed by atoms with E-state index in [1.54, 1.807) is 0 Å². The lowest BCUT2D eigenvalue weighted by atomic mass is 10.3. The van der Waals surface area contributed by atoms with Crippen LogP contribution in [0.4, 0.5) is 0 Å². The van der Waals surface area contributed by atoms with Crippen LogP contribution in [-0.2, 0) is 0 Å². The maximum Gasteiger partial charge on any atom is 0.0296 e. The number of rotatable bonds is 1. The van der Waals surface area contributed by atoms with Crippen LogP contribution in [0.3, 0.4) is 0 Å². The first-order chi connectivity index (χ1) is 3.83. The number of hydrogen-bond acceptors (Lipinski definition) is 1. The number of nitrogens with one attached hydrogen (secondary N) is 1. The summed E-state index contributed by atoms with van der Waals surface area (Å²) in [5.74, 6) is 0. The predicted molar refractivity (Wildman–Crippen MR) is 35.5 cm³/mol. The van der Waals surface area contributed by atoms with Crippen LogP contribution in [0, 0.1) is 0 Å². The highest BCUT2D eigenvalue weighted by molar-refractivity contribution is 5.19. The molecule has 44 valence electrons. The summed E-state index contributed by atoms with van der Waals surface area (Å²) in [7, 11) is 0. The van der Waals surface area contributed by atoms with Gasteiger partial charge in [-0.3, -0.25) is 0 Å². The molecule has 1 unspecified atom stereocenters. The third-order valence-electron chi connectivity index (χ3n) is 1.32. The van der Waals surface area contributed by atoms with Crippen LogP contribution in [0.25, 0.3) is 0 Å². The molecule has 0 saturated heterocycles. The first kappa shape index (κ1) is 5.42. The van der Waals surface area contributed by atoms with Crippen molar-refractivity contribution in [2.75, 3.05) is 0 Å². The van der Waals surface area contributed by atoms with E-state index in [9.17, 15) is 0 Å². The molecule has 1 aliphatic heterocycles. The van der Waals surface area contributed by atoms with E-state index in [2.05, 4.69) is 24.9 Å². The van der Waals surface area contributed by atoms with Gasteiger partial charge in [-0.1, -0.05) is 12.7 Å². The molecule has 0 aromatic rings. The molecule has 1 rings (SSSR count). The van der Waals surface area contributed by atoms with Gasteiger partial charge in [-0.15, -0.1) is 0 Å². The monoisotopic (exact) mass is 109 g/mol. The highest BCUT2D eigenvalue weighted by Crippen LogP contribution is 2.07. The minimum Gasteiger partial charge on any atom is -0.383 e. The summed E-state index contributed by atoms with van der Waals surface area (Å²) in [5.41, 5.74) is 1.18. The van der Waals surface area contributed by atoms with Crippen molar-refractivity contribution in [3.05, 3.63) is 24.4 Å². The van der Waals surface area contributed by atoms with Crippen LogP contribution >= 0.6 is 0 Å². The summed E-state index contributed by atoms with van der Waals surface area (Å²) < 4.78 is 0. The second kappa shape index (κ2) is 2.03. The Labute approximate surface area is 50.1 Å². The molecule has 1 aliphatic rings. The van der Waals surface area contributed by atoms with Crippen LogP contribution in [0.5, 0.6) is 0 Å². The minimum absolute atomic E-state index is 0.614. The van der Waals surface area contributed by atoms with Crippen molar-refractivity contribution in [1.82, 2.24) is 5.32 Å². The predicted octanol–water partition coefficient (Wildman–Crippen LogP) is 1.44. The van der Waals surface area contributed by atoms with Gasteiger partial charge >= 0.3 is 0 Å². The Bertz CT molecular complexity index is 124. The van der Waals surface area contributed by atoms with Gasteiger partial charge in [-0.05, 0) is 19.4 Å². The van der Waals surface area contributed by atoms with Crippen molar-refractivity contribution < 1.29 is 0 Å². The molecular formula is C7H11N. The first-order valence-corrected chi connectivity index (χ1v) is 2.92. The zero-order valence-corrected chi connectivity index (χ0v) is 5.15. The van der Waals surface area contributed by atoms with Gasteiger partial charge in [0.25, 0.3) is 0 Å². The summed E-state index contributed by atoms with van der Waals surface area (Å²) in [4.78, 5) is 0. The summed E-state index contributed by atoms with van der Waals surface area (Å²) >= 11 is 0. The Hall–Kier alpha value is -0.720. The summed E-state index contributed by atoms with van der Waals surface area (Å²) in [6.45, 7) is 5.81. The van der Waals surface area contributed by atoms with Gasteiger partial charge in [0.05, 0.1) is 0 Å². The van der Waals surface area contributed by atoms with Crippen molar-refractivity contribution in [3.8, 4) is 0 Å². The largest absolute Gasteiger partial charge is 0.383 e. The van der Waals surface area contributed by atoms with Gasteiger partial charge in [0.1, 0.15) is 0 Å². The topological polar surface area (TPSA) is 12.0 Å². The molecule has 1 heterocycles. The summed E-state index contributed by atoms with van der Waals surface area (Å²) in [6, 6.07) is 0.614. The fraction of sp³-hybridized carbons (Fsp3) is 0.429. The molecule has 0 aromatic carbocycles. The van der Waals surface area contributed by atoms with Crippen LogP contribution in [0.2, 0.25) is 0 Å². The molecule has 1 nitrogen and oxygen atoms in total. The molecule has 0 bridgehead atoms. The highest BCUT2D eigenvalue weighted by Gasteiger charge is 2.05. The van der Waals surface area contributed by atoms with Gasteiger partial charge in [0, 0.05) is 11.7 Å². The molecular weight excluding hydrogens is 98.1 g/mol. The number of allylic oxidation sites excluding steroid dienone is 1. The maximum atomic E-state index is 3.65. The van der Waals surface area contributed by atoms with E-state index < -0.39 is 0 Å². The Morgan fingerprint density at radius 1 is 2.00 bits per heavy atom. The zero-order valence-electron chi connectivity index (χ0n) is 5.15. The van der Waals surface area contributed by atoms with Gasteiger partial charge in [-0.2, -0.15) is 0 Å². The molecule has 1 atom stereocenters. The second-order valence-electron chi connectivity index (χ2n) is 2.14. The van der Waals surface area contributed by atoms with Gasteiger partial charge in [0.15, 0.2) is 0 Å². The van der Waals surface area contributed by atoms with Gasteiger partial charge in [0.2, 0.25) is 0 Å². The average molecular weight is 109 g/mol. The summed E-state index contributed by atoms with van der Waals surface area (Å²) in [5, 5.41) is 3.25. The van der Waals surface area contributed by atoms with E-state index in [0.717, 1.165) is 6.42 Å². The standard InChI is InChI=1S/C7H11N/c1-3-7-5-4-6(2)8-7/h3,5-6,8H,1,4H2,2H3. The molecule has 0 saturated carbocycles. The molecule has 0 aliphatic carbocycles. The van der Waals surface area contributed by atoms with Crippen molar-refractivity contribution in [1.29, 1.82) is 0 Å². The van der Waals surface area contributed by atoms with Crippen LogP contribution < -0.4 is 5.32 Å². The Balaban J connectivity index is 2.49. The van der Waals surface area contributed by atoms with E-state index in [4.69, 9.17) is 0 Å². The smallest absolute Gasteiger partial charge is 0.0296 e. The molecule has 0 spiro atoms. The molecule has 1 heteroatoms. The molecule has 8 heavy (non-hydrogen) atoms. The maximum absolute atomic E-state index is 3.65. The summed E-state index contributed by atoms with van der Waals surface area (Å²) in [6.07, 6.45) is 5.16. The van der Waals surface area contributed by atoms with E-state index in [1.165, 1.54) is 5.70 Å². The molecule has 0 aromatic heterocycles. The molecule has 0 fully saturated rings. The molecule has 1 N–H and O–H groups in total. The molecule has 0 radical (unpaired) electrons. The fourth-order valence-electron chi connectivity index (χ4n) is 0.848.